The first-order valence-corrected chi connectivity index (χ1v) is 6.54. The Balaban J connectivity index is 1.70. The fourth-order valence-corrected chi connectivity index (χ4v) is 2.35. The summed E-state index contributed by atoms with van der Waals surface area (Å²) in [6.45, 7) is 3.90. The Bertz CT molecular complexity index is 527. The lowest BCUT2D eigenvalue weighted by molar-refractivity contribution is 0.510. The molecule has 2 aromatic rings. The average molecular weight is 242 g/mol. The van der Waals surface area contributed by atoms with Gasteiger partial charge in [-0.2, -0.15) is 0 Å². The Morgan fingerprint density at radius 1 is 1.17 bits per heavy atom. The molecule has 1 aromatic carbocycles. The van der Waals surface area contributed by atoms with E-state index in [1.165, 1.54) is 18.4 Å². The molecule has 0 fully saturated rings. The molecule has 0 aliphatic carbocycles. The van der Waals surface area contributed by atoms with Crippen molar-refractivity contribution in [1.29, 1.82) is 0 Å². The van der Waals surface area contributed by atoms with E-state index >= 15 is 0 Å². The average Bonchev–Trinajstić information content (AvgIpc) is 2.82. The third-order valence-corrected chi connectivity index (χ3v) is 3.44. The van der Waals surface area contributed by atoms with Gasteiger partial charge in [-0.15, -0.1) is 10.2 Å². The van der Waals surface area contributed by atoms with Crippen molar-refractivity contribution in [3.05, 3.63) is 41.5 Å². The maximum absolute atomic E-state index is 4.28. The summed E-state index contributed by atoms with van der Waals surface area (Å²) < 4.78 is 2.25. The molecule has 0 spiro atoms. The number of rotatable bonds is 3. The smallest absolute Gasteiger partial charge is 0.152 e. The van der Waals surface area contributed by atoms with Gasteiger partial charge in [-0.25, -0.2) is 0 Å². The number of anilines is 1. The summed E-state index contributed by atoms with van der Waals surface area (Å²) in [5.74, 6) is 2.19. The van der Waals surface area contributed by atoms with Crippen LogP contribution >= 0.6 is 0 Å². The fourth-order valence-electron chi connectivity index (χ4n) is 2.35. The Hall–Kier alpha value is -1.84. The highest BCUT2D eigenvalue weighted by Gasteiger charge is 2.14. The monoisotopic (exact) mass is 242 g/mol. The normalized spacial score (nSPS) is 14.3. The Kier molecular flexibility index (Phi) is 3.00. The van der Waals surface area contributed by atoms with Gasteiger partial charge in [-0.3, -0.25) is 0 Å². The van der Waals surface area contributed by atoms with Crippen LogP contribution in [0.25, 0.3) is 0 Å². The molecule has 1 aliphatic rings. The van der Waals surface area contributed by atoms with Crippen LogP contribution < -0.4 is 5.32 Å². The zero-order chi connectivity index (χ0) is 12.4. The molecule has 0 amide bonds. The van der Waals surface area contributed by atoms with Crippen LogP contribution in [0.2, 0.25) is 0 Å². The fraction of sp³-hybridized carbons (Fsp3) is 0.429. The second kappa shape index (κ2) is 4.80. The van der Waals surface area contributed by atoms with Crippen molar-refractivity contribution in [2.24, 2.45) is 0 Å². The van der Waals surface area contributed by atoms with E-state index in [-0.39, 0.29) is 0 Å². The molecule has 0 unspecified atom stereocenters. The molecule has 0 bridgehead atoms. The van der Waals surface area contributed by atoms with Crippen LogP contribution in [-0.2, 0) is 19.5 Å². The summed E-state index contributed by atoms with van der Waals surface area (Å²) in [6.07, 6.45) is 3.55. The molecule has 0 atom stereocenters. The van der Waals surface area contributed by atoms with Gasteiger partial charge in [-0.05, 0) is 31.9 Å². The van der Waals surface area contributed by atoms with E-state index in [0.717, 1.165) is 36.8 Å². The SMILES string of the molecule is Cc1ccc(NCc2nnc3n2CCCC3)cc1. The van der Waals surface area contributed by atoms with Gasteiger partial charge in [0.1, 0.15) is 5.82 Å². The van der Waals surface area contributed by atoms with E-state index in [2.05, 4.69) is 51.3 Å². The predicted molar refractivity (Wildman–Crippen MR) is 71.5 cm³/mol. The lowest BCUT2D eigenvalue weighted by Crippen LogP contribution is -2.15. The van der Waals surface area contributed by atoms with Crippen LogP contribution in [-0.4, -0.2) is 14.8 Å². The molecule has 1 N–H and O–H groups in total. The number of benzene rings is 1. The maximum Gasteiger partial charge on any atom is 0.152 e. The molecular weight excluding hydrogens is 224 g/mol. The largest absolute Gasteiger partial charge is 0.378 e. The number of aryl methyl sites for hydroxylation is 2. The zero-order valence-corrected chi connectivity index (χ0v) is 10.7. The Morgan fingerprint density at radius 3 is 2.83 bits per heavy atom. The van der Waals surface area contributed by atoms with Crippen LogP contribution in [0.1, 0.15) is 30.1 Å². The second-order valence-electron chi connectivity index (χ2n) is 4.86. The van der Waals surface area contributed by atoms with E-state index in [9.17, 15) is 0 Å². The summed E-state index contributed by atoms with van der Waals surface area (Å²) in [6, 6.07) is 8.43. The minimum Gasteiger partial charge on any atom is -0.378 e. The van der Waals surface area contributed by atoms with Gasteiger partial charge in [0.2, 0.25) is 0 Å². The van der Waals surface area contributed by atoms with Gasteiger partial charge < -0.3 is 9.88 Å². The van der Waals surface area contributed by atoms with Crippen molar-refractivity contribution < 1.29 is 0 Å². The summed E-state index contributed by atoms with van der Waals surface area (Å²) in [7, 11) is 0. The van der Waals surface area contributed by atoms with Gasteiger partial charge in [0.25, 0.3) is 0 Å². The Labute approximate surface area is 107 Å². The lowest BCUT2D eigenvalue weighted by atomic mass is 10.1. The van der Waals surface area contributed by atoms with Crippen LogP contribution in [0.15, 0.2) is 24.3 Å². The highest BCUT2D eigenvalue weighted by molar-refractivity contribution is 5.44. The van der Waals surface area contributed by atoms with Crippen LogP contribution in [0.3, 0.4) is 0 Å². The quantitative estimate of drug-likeness (QED) is 0.899. The molecule has 0 saturated carbocycles. The summed E-state index contributed by atoms with van der Waals surface area (Å²) >= 11 is 0. The minimum atomic E-state index is 0.746. The molecular formula is C14H18N4. The zero-order valence-electron chi connectivity index (χ0n) is 10.7. The Morgan fingerprint density at radius 2 is 2.00 bits per heavy atom. The molecule has 0 radical (unpaired) electrons. The van der Waals surface area contributed by atoms with E-state index in [1.807, 2.05) is 0 Å². The lowest BCUT2D eigenvalue weighted by Gasteiger charge is -2.15. The van der Waals surface area contributed by atoms with Crippen LogP contribution in [0, 0.1) is 6.92 Å². The first-order chi connectivity index (χ1) is 8.83. The number of hydrogen-bond acceptors (Lipinski definition) is 3. The predicted octanol–water partition coefficient (Wildman–Crippen LogP) is 2.53. The van der Waals surface area contributed by atoms with Crippen molar-refractivity contribution in [1.82, 2.24) is 14.8 Å². The van der Waals surface area contributed by atoms with E-state index < -0.39 is 0 Å². The molecule has 2 heterocycles. The summed E-state index contributed by atoms with van der Waals surface area (Å²) in [5, 5.41) is 11.9. The molecule has 1 aromatic heterocycles. The first kappa shape index (κ1) is 11.3. The highest BCUT2D eigenvalue weighted by atomic mass is 15.3. The standard InChI is InChI=1S/C14H18N4/c1-11-5-7-12(8-6-11)15-10-14-17-16-13-4-2-3-9-18(13)14/h5-8,15H,2-4,9-10H2,1H3. The van der Waals surface area contributed by atoms with Gasteiger partial charge in [-0.1, -0.05) is 17.7 Å². The number of aromatic nitrogens is 3. The van der Waals surface area contributed by atoms with Gasteiger partial charge >= 0.3 is 0 Å². The maximum atomic E-state index is 4.28. The van der Waals surface area contributed by atoms with Gasteiger partial charge in [0.15, 0.2) is 5.82 Å². The molecule has 3 rings (SSSR count). The van der Waals surface area contributed by atoms with E-state index in [4.69, 9.17) is 0 Å². The molecule has 0 saturated heterocycles. The molecule has 94 valence electrons. The topological polar surface area (TPSA) is 42.7 Å². The molecule has 18 heavy (non-hydrogen) atoms. The van der Waals surface area contributed by atoms with Crippen LogP contribution in [0.4, 0.5) is 5.69 Å². The second-order valence-corrected chi connectivity index (χ2v) is 4.86. The number of fused-ring (bicyclic) bond motifs is 1. The summed E-state index contributed by atoms with van der Waals surface area (Å²) in [5.41, 5.74) is 2.41. The van der Waals surface area contributed by atoms with Crippen LogP contribution in [0.5, 0.6) is 0 Å². The van der Waals surface area contributed by atoms with Crippen molar-refractivity contribution in [3.8, 4) is 0 Å². The minimum absolute atomic E-state index is 0.746. The van der Waals surface area contributed by atoms with Crippen molar-refractivity contribution >= 4 is 5.69 Å². The number of nitrogens with one attached hydrogen (secondary N) is 1. The third kappa shape index (κ3) is 2.23. The number of nitrogens with zero attached hydrogens (tertiary/aromatic N) is 3. The third-order valence-electron chi connectivity index (χ3n) is 3.44. The van der Waals surface area contributed by atoms with Crippen molar-refractivity contribution in [2.45, 2.75) is 39.3 Å². The molecule has 4 nitrogen and oxygen atoms in total. The first-order valence-electron chi connectivity index (χ1n) is 6.54. The molecule has 1 aliphatic heterocycles. The highest BCUT2D eigenvalue weighted by Crippen LogP contribution is 2.15. The molecule has 4 heteroatoms. The van der Waals surface area contributed by atoms with Crippen molar-refractivity contribution in [2.75, 3.05) is 5.32 Å². The van der Waals surface area contributed by atoms with Crippen molar-refractivity contribution in [3.63, 3.8) is 0 Å². The summed E-state index contributed by atoms with van der Waals surface area (Å²) in [4.78, 5) is 0. The van der Waals surface area contributed by atoms with E-state index in [1.54, 1.807) is 0 Å². The van der Waals surface area contributed by atoms with Gasteiger partial charge in [0.05, 0.1) is 6.54 Å². The van der Waals surface area contributed by atoms with Gasteiger partial charge in [0, 0.05) is 18.7 Å². The number of hydrogen-bond donors (Lipinski definition) is 1. The van der Waals surface area contributed by atoms with E-state index in [0.29, 0.717) is 0 Å².